The van der Waals surface area contributed by atoms with Gasteiger partial charge in [0.2, 0.25) is 0 Å². The minimum Gasteiger partial charge on any atom is -0.456 e. The van der Waals surface area contributed by atoms with Crippen molar-refractivity contribution in [3.8, 4) is 0 Å². The summed E-state index contributed by atoms with van der Waals surface area (Å²) < 4.78 is 6.17. The van der Waals surface area contributed by atoms with Crippen molar-refractivity contribution >= 4 is 34.2 Å². The third-order valence-electron chi connectivity index (χ3n) is 5.48. The topological polar surface area (TPSA) is 106 Å². The van der Waals surface area contributed by atoms with E-state index in [2.05, 4.69) is 26.6 Å². The summed E-state index contributed by atoms with van der Waals surface area (Å²) in [5.74, 6) is -1.01. The summed E-state index contributed by atoms with van der Waals surface area (Å²) in [6.45, 7) is 3.66. The van der Waals surface area contributed by atoms with Crippen molar-refractivity contribution in [2.45, 2.75) is 32.7 Å². The summed E-state index contributed by atoms with van der Waals surface area (Å²) >= 11 is 0. The van der Waals surface area contributed by atoms with Gasteiger partial charge in [-0.15, -0.1) is 5.10 Å². The molecule has 2 aromatic carbocycles. The lowest BCUT2D eigenvalue weighted by atomic mass is 10.1. The largest absolute Gasteiger partial charge is 0.456 e. The second-order valence-corrected chi connectivity index (χ2v) is 7.79. The van der Waals surface area contributed by atoms with Gasteiger partial charge in [-0.05, 0) is 55.7 Å². The molecule has 0 unspecified atom stereocenters. The van der Waals surface area contributed by atoms with E-state index < -0.39 is 18.5 Å². The summed E-state index contributed by atoms with van der Waals surface area (Å²) in [5, 5.41) is 11.0. The standard InChI is InChI=1S/C23H25N5O4/c1-16-14-17(27-11-4-5-12-27)8-9-19(16)24-21(29)15-32-22(30)10-13-28-23(31)18-6-2-3-7-20(18)25-26-28/h2-3,6-9,14H,4-5,10-13,15H2,1H3,(H,24,29). The SMILES string of the molecule is Cc1cc(N2CCCC2)ccc1NC(=O)COC(=O)CCn1nnc2ccccc2c1=O. The molecule has 1 amide bonds. The zero-order valence-electron chi connectivity index (χ0n) is 17.9. The van der Waals surface area contributed by atoms with Crippen molar-refractivity contribution in [1.82, 2.24) is 15.0 Å². The first-order chi connectivity index (χ1) is 15.5. The predicted molar refractivity (Wildman–Crippen MR) is 121 cm³/mol. The van der Waals surface area contributed by atoms with Crippen LogP contribution in [0.25, 0.3) is 10.9 Å². The molecular weight excluding hydrogens is 410 g/mol. The van der Waals surface area contributed by atoms with Gasteiger partial charge in [0.25, 0.3) is 11.5 Å². The molecule has 1 N–H and O–H groups in total. The Bertz CT molecular complexity index is 1200. The van der Waals surface area contributed by atoms with Gasteiger partial charge < -0.3 is 15.0 Å². The number of rotatable bonds is 7. The van der Waals surface area contributed by atoms with Crippen molar-refractivity contribution < 1.29 is 14.3 Å². The molecular formula is C23H25N5O4. The zero-order chi connectivity index (χ0) is 22.5. The maximum atomic E-state index is 12.4. The maximum absolute atomic E-state index is 12.4. The van der Waals surface area contributed by atoms with Gasteiger partial charge in [0.1, 0.15) is 5.52 Å². The first-order valence-corrected chi connectivity index (χ1v) is 10.6. The monoisotopic (exact) mass is 435 g/mol. The number of carbonyl (C=O) groups is 2. The van der Waals surface area contributed by atoms with Crippen LogP contribution < -0.4 is 15.8 Å². The Hall–Kier alpha value is -3.75. The number of carbonyl (C=O) groups excluding carboxylic acids is 2. The minimum atomic E-state index is -0.594. The van der Waals surface area contributed by atoms with Crippen LogP contribution in [0.5, 0.6) is 0 Å². The lowest BCUT2D eigenvalue weighted by Crippen LogP contribution is -2.26. The Labute approximate surface area is 185 Å². The highest BCUT2D eigenvalue weighted by Gasteiger charge is 2.15. The normalized spacial score (nSPS) is 13.3. The fourth-order valence-electron chi connectivity index (χ4n) is 3.73. The first-order valence-electron chi connectivity index (χ1n) is 10.6. The number of aromatic nitrogens is 3. The summed E-state index contributed by atoms with van der Waals surface area (Å²) in [7, 11) is 0. The average molecular weight is 435 g/mol. The van der Waals surface area contributed by atoms with Crippen LogP contribution in [0, 0.1) is 6.92 Å². The molecule has 166 valence electrons. The molecule has 1 fully saturated rings. The number of esters is 1. The van der Waals surface area contributed by atoms with Gasteiger partial charge in [-0.2, -0.15) is 0 Å². The van der Waals surface area contributed by atoms with Crippen LogP contribution in [-0.2, 0) is 20.9 Å². The molecule has 1 aromatic heterocycles. The molecule has 0 bridgehead atoms. The van der Waals surface area contributed by atoms with Crippen molar-refractivity contribution in [3.05, 3.63) is 58.4 Å². The average Bonchev–Trinajstić information content (AvgIpc) is 3.34. The number of hydrogen-bond acceptors (Lipinski definition) is 7. The molecule has 32 heavy (non-hydrogen) atoms. The van der Waals surface area contributed by atoms with Gasteiger partial charge in [-0.25, -0.2) is 4.68 Å². The van der Waals surface area contributed by atoms with E-state index in [4.69, 9.17) is 4.74 Å². The number of aryl methyl sites for hydroxylation is 2. The summed E-state index contributed by atoms with van der Waals surface area (Å²) in [6.07, 6.45) is 2.31. The van der Waals surface area contributed by atoms with Crippen molar-refractivity contribution in [1.29, 1.82) is 0 Å². The predicted octanol–water partition coefficient (Wildman–Crippen LogP) is 2.27. The highest BCUT2D eigenvalue weighted by Crippen LogP contribution is 2.25. The highest BCUT2D eigenvalue weighted by molar-refractivity contribution is 5.93. The second-order valence-electron chi connectivity index (χ2n) is 7.79. The highest BCUT2D eigenvalue weighted by atomic mass is 16.5. The van der Waals surface area contributed by atoms with E-state index in [0.717, 1.165) is 29.0 Å². The van der Waals surface area contributed by atoms with Crippen LogP contribution in [0.15, 0.2) is 47.3 Å². The van der Waals surface area contributed by atoms with Gasteiger partial charge in [0.15, 0.2) is 6.61 Å². The summed E-state index contributed by atoms with van der Waals surface area (Å²) in [4.78, 5) is 39.0. The maximum Gasteiger partial charge on any atom is 0.308 e. The Kier molecular flexibility index (Phi) is 6.44. The van der Waals surface area contributed by atoms with E-state index in [-0.39, 0.29) is 18.5 Å². The fraction of sp³-hybridized carbons (Fsp3) is 0.348. The smallest absolute Gasteiger partial charge is 0.308 e. The van der Waals surface area contributed by atoms with E-state index in [0.29, 0.717) is 16.6 Å². The van der Waals surface area contributed by atoms with Crippen LogP contribution in [-0.4, -0.2) is 46.6 Å². The molecule has 1 saturated heterocycles. The third kappa shape index (κ3) is 4.93. The van der Waals surface area contributed by atoms with Gasteiger partial charge in [-0.3, -0.25) is 14.4 Å². The van der Waals surface area contributed by atoms with Crippen LogP contribution >= 0.6 is 0 Å². The molecule has 0 radical (unpaired) electrons. The van der Waals surface area contributed by atoms with Crippen LogP contribution in [0.3, 0.4) is 0 Å². The fourth-order valence-corrected chi connectivity index (χ4v) is 3.73. The van der Waals surface area contributed by atoms with Gasteiger partial charge in [0, 0.05) is 24.5 Å². The van der Waals surface area contributed by atoms with E-state index in [1.165, 1.54) is 12.8 Å². The van der Waals surface area contributed by atoms with Crippen molar-refractivity contribution in [2.24, 2.45) is 0 Å². The van der Waals surface area contributed by atoms with Crippen molar-refractivity contribution in [2.75, 3.05) is 29.9 Å². The molecule has 0 atom stereocenters. The number of amides is 1. The van der Waals surface area contributed by atoms with Crippen LogP contribution in [0.1, 0.15) is 24.8 Å². The number of anilines is 2. The lowest BCUT2D eigenvalue weighted by Gasteiger charge is -2.19. The Morgan fingerprint density at radius 1 is 1.12 bits per heavy atom. The van der Waals surface area contributed by atoms with Crippen molar-refractivity contribution in [3.63, 3.8) is 0 Å². The van der Waals surface area contributed by atoms with E-state index in [1.807, 2.05) is 19.1 Å². The number of nitrogens with one attached hydrogen (secondary N) is 1. The number of nitrogens with zero attached hydrogens (tertiary/aromatic N) is 4. The molecule has 4 rings (SSSR count). The molecule has 9 nitrogen and oxygen atoms in total. The molecule has 0 saturated carbocycles. The molecule has 1 aliphatic rings. The Balaban J connectivity index is 1.26. The number of ether oxygens (including phenoxy) is 1. The van der Waals surface area contributed by atoms with E-state index in [1.54, 1.807) is 24.3 Å². The van der Waals surface area contributed by atoms with Gasteiger partial charge in [0.05, 0.1) is 18.4 Å². The number of fused-ring (bicyclic) bond motifs is 1. The summed E-state index contributed by atoms with van der Waals surface area (Å²) in [6, 6.07) is 12.8. The lowest BCUT2D eigenvalue weighted by molar-refractivity contribution is -0.147. The molecule has 3 aromatic rings. The molecule has 2 heterocycles. The minimum absolute atomic E-state index is 0.0220. The third-order valence-corrected chi connectivity index (χ3v) is 5.48. The number of benzene rings is 2. The van der Waals surface area contributed by atoms with Gasteiger partial charge in [-0.1, -0.05) is 17.3 Å². The second kappa shape index (κ2) is 9.59. The quantitative estimate of drug-likeness (QED) is 0.568. The molecule has 9 heteroatoms. The zero-order valence-corrected chi connectivity index (χ0v) is 17.9. The molecule has 1 aliphatic heterocycles. The molecule has 0 aliphatic carbocycles. The molecule has 0 spiro atoms. The van der Waals surface area contributed by atoms with Crippen LogP contribution in [0.4, 0.5) is 11.4 Å². The van der Waals surface area contributed by atoms with Crippen LogP contribution in [0.2, 0.25) is 0 Å². The van der Waals surface area contributed by atoms with Gasteiger partial charge >= 0.3 is 5.97 Å². The summed E-state index contributed by atoms with van der Waals surface area (Å²) in [5.41, 5.74) is 2.96. The van der Waals surface area contributed by atoms with E-state index in [9.17, 15) is 14.4 Å². The first kappa shape index (κ1) is 21.5. The Morgan fingerprint density at radius 3 is 2.69 bits per heavy atom. The Morgan fingerprint density at radius 2 is 1.91 bits per heavy atom. The number of hydrogen-bond donors (Lipinski definition) is 1. The van der Waals surface area contributed by atoms with E-state index >= 15 is 0 Å².